The second kappa shape index (κ2) is 8.40. The summed E-state index contributed by atoms with van der Waals surface area (Å²) in [7, 11) is 0. The van der Waals surface area contributed by atoms with Crippen LogP contribution in [0.1, 0.15) is 45.6 Å². The summed E-state index contributed by atoms with van der Waals surface area (Å²) < 4.78 is 5.94. The maximum Gasteiger partial charge on any atom is 0.119 e. The van der Waals surface area contributed by atoms with Crippen molar-refractivity contribution < 1.29 is 4.74 Å². The largest absolute Gasteiger partial charge is 0.492 e. The maximum atomic E-state index is 5.94. The van der Waals surface area contributed by atoms with Gasteiger partial charge in [-0.05, 0) is 43.5 Å². The van der Waals surface area contributed by atoms with E-state index in [0.29, 0.717) is 6.04 Å². The van der Waals surface area contributed by atoms with Crippen molar-refractivity contribution in [1.82, 2.24) is 10.2 Å². The van der Waals surface area contributed by atoms with Crippen molar-refractivity contribution in [1.29, 1.82) is 0 Å². The van der Waals surface area contributed by atoms with Gasteiger partial charge < -0.3 is 10.1 Å². The van der Waals surface area contributed by atoms with E-state index in [1.54, 1.807) is 0 Å². The first-order chi connectivity index (χ1) is 10.2. The zero-order chi connectivity index (χ0) is 15.1. The van der Waals surface area contributed by atoms with Crippen LogP contribution in [0.25, 0.3) is 0 Å². The molecule has 1 fully saturated rings. The number of nitrogens with one attached hydrogen (secondary N) is 1. The van der Waals surface area contributed by atoms with Crippen LogP contribution in [-0.4, -0.2) is 36.7 Å². The minimum absolute atomic E-state index is 0.510. The number of ether oxygens (including phenoxy) is 1. The fourth-order valence-corrected chi connectivity index (χ4v) is 2.55. The number of rotatable bonds is 10. The Morgan fingerprint density at radius 2 is 2.10 bits per heavy atom. The SMILES string of the molecule is CCCN(CCOc1cccc(CNC(C)C)c1)C1CC1. The Morgan fingerprint density at radius 1 is 1.29 bits per heavy atom. The topological polar surface area (TPSA) is 24.5 Å². The lowest BCUT2D eigenvalue weighted by atomic mass is 10.2. The highest BCUT2D eigenvalue weighted by Gasteiger charge is 2.27. The Kier molecular flexibility index (Phi) is 6.52. The summed E-state index contributed by atoms with van der Waals surface area (Å²) in [5.74, 6) is 0.991. The first-order valence-corrected chi connectivity index (χ1v) is 8.38. The average Bonchev–Trinajstić information content (AvgIpc) is 3.29. The summed E-state index contributed by atoms with van der Waals surface area (Å²) in [5, 5.41) is 3.44. The van der Waals surface area contributed by atoms with Gasteiger partial charge in [0.15, 0.2) is 0 Å². The third kappa shape index (κ3) is 6.06. The van der Waals surface area contributed by atoms with Crippen LogP contribution in [0.2, 0.25) is 0 Å². The van der Waals surface area contributed by atoms with Gasteiger partial charge in [-0.25, -0.2) is 0 Å². The molecule has 0 heterocycles. The first-order valence-electron chi connectivity index (χ1n) is 8.38. The fourth-order valence-electron chi connectivity index (χ4n) is 2.55. The molecule has 0 unspecified atom stereocenters. The molecule has 1 aliphatic carbocycles. The van der Waals surface area contributed by atoms with Gasteiger partial charge in [0.25, 0.3) is 0 Å². The van der Waals surface area contributed by atoms with Crippen LogP contribution >= 0.6 is 0 Å². The predicted molar refractivity (Wildman–Crippen MR) is 88.8 cm³/mol. The van der Waals surface area contributed by atoms with E-state index in [0.717, 1.165) is 31.5 Å². The quantitative estimate of drug-likeness (QED) is 0.714. The van der Waals surface area contributed by atoms with Crippen molar-refractivity contribution in [2.24, 2.45) is 0 Å². The summed E-state index contributed by atoms with van der Waals surface area (Å²) >= 11 is 0. The van der Waals surface area contributed by atoms with E-state index >= 15 is 0 Å². The molecule has 0 bridgehead atoms. The molecule has 0 amide bonds. The van der Waals surface area contributed by atoms with Gasteiger partial charge in [-0.2, -0.15) is 0 Å². The van der Waals surface area contributed by atoms with Gasteiger partial charge in [0.2, 0.25) is 0 Å². The molecule has 3 nitrogen and oxygen atoms in total. The molecule has 21 heavy (non-hydrogen) atoms. The molecular formula is C18H30N2O. The Labute approximate surface area is 129 Å². The second-order valence-electron chi connectivity index (χ2n) is 6.30. The Balaban J connectivity index is 1.75. The predicted octanol–water partition coefficient (Wildman–Crippen LogP) is 3.44. The second-order valence-corrected chi connectivity index (χ2v) is 6.30. The van der Waals surface area contributed by atoms with Crippen LogP contribution < -0.4 is 10.1 Å². The zero-order valence-electron chi connectivity index (χ0n) is 13.8. The standard InChI is InChI=1S/C18H30N2O/c1-4-10-20(17-8-9-17)11-12-21-18-7-5-6-16(13-18)14-19-15(2)3/h5-7,13,15,17,19H,4,8-12,14H2,1-3H3. The van der Waals surface area contributed by atoms with Gasteiger partial charge in [-0.3, -0.25) is 4.90 Å². The van der Waals surface area contributed by atoms with Crippen LogP contribution in [-0.2, 0) is 6.54 Å². The van der Waals surface area contributed by atoms with Crippen LogP contribution in [0, 0.1) is 0 Å². The number of hydrogen-bond donors (Lipinski definition) is 1. The summed E-state index contributed by atoms with van der Waals surface area (Å²) in [4.78, 5) is 2.57. The highest BCUT2D eigenvalue weighted by atomic mass is 16.5. The normalized spacial score (nSPS) is 14.9. The molecule has 1 N–H and O–H groups in total. The maximum absolute atomic E-state index is 5.94. The molecule has 0 aliphatic heterocycles. The molecule has 1 saturated carbocycles. The van der Waals surface area contributed by atoms with Crippen LogP contribution in [0.15, 0.2) is 24.3 Å². The molecule has 118 valence electrons. The van der Waals surface area contributed by atoms with Gasteiger partial charge in [-0.15, -0.1) is 0 Å². The van der Waals surface area contributed by atoms with Gasteiger partial charge in [-0.1, -0.05) is 32.9 Å². The molecule has 1 aliphatic rings. The van der Waals surface area contributed by atoms with Gasteiger partial charge in [0, 0.05) is 25.2 Å². The fraction of sp³-hybridized carbons (Fsp3) is 0.667. The van der Waals surface area contributed by atoms with E-state index in [1.807, 2.05) is 0 Å². The molecule has 1 aromatic carbocycles. The van der Waals surface area contributed by atoms with Gasteiger partial charge in [0.1, 0.15) is 12.4 Å². The van der Waals surface area contributed by atoms with Crippen LogP contribution in [0.3, 0.4) is 0 Å². The van der Waals surface area contributed by atoms with Gasteiger partial charge in [0.05, 0.1) is 0 Å². The van der Waals surface area contributed by atoms with Crippen molar-refractivity contribution in [3.63, 3.8) is 0 Å². The van der Waals surface area contributed by atoms with Gasteiger partial charge >= 0.3 is 0 Å². The van der Waals surface area contributed by atoms with Crippen molar-refractivity contribution >= 4 is 0 Å². The molecule has 0 aromatic heterocycles. The summed E-state index contributed by atoms with van der Waals surface area (Å²) in [6.07, 6.45) is 3.97. The molecule has 0 radical (unpaired) electrons. The lowest BCUT2D eigenvalue weighted by molar-refractivity contribution is 0.202. The third-order valence-electron chi connectivity index (χ3n) is 3.83. The van der Waals surface area contributed by atoms with E-state index in [9.17, 15) is 0 Å². The smallest absolute Gasteiger partial charge is 0.119 e. The Morgan fingerprint density at radius 3 is 2.76 bits per heavy atom. The first kappa shape index (κ1) is 16.3. The lowest BCUT2D eigenvalue weighted by Crippen LogP contribution is -2.31. The van der Waals surface area contributed by atoms with Crippen molar-refractivity contribution in [3.8, 4) is 5.75 Å². The third-order valence-corrected chi connectivity index (χ3v) is 3.83. The van der Waals surface area contributed by atoms with Crippen LogP contribution in [0.5, 0.6) is 5.75 Å². The van der Waals surface area contributed by atoms with Crippen molar-refractivity contribution in [3.05, 3.63) is 29.8 Å². The number of nitrogens with zero attached hydrogens (tertiary/aromatic N) is 1. The van der Waals surface area contributed by atoms with E-state index in [1.165, 1.54) is 31.4 Å². The minimum atomic E-state index is 0.510. The molecular weight excluding hydrogens is 260 g/mol. The Hall–Kier alpha value is -1.06. The number of benzene rings is 1. The molecule has 0 saturated heterocycles. The van der Waals surface area contributed by atoms with E-state index in [4.69, 9.17) is 4.74 Å². The molecule has 2 rings (SSSR count). The average molecular weight is 290 g/mol. The summed E-state index contributed by atoms with van der Waals surface area (Å²) in [6, 6.07) is 9.77. The lowest BCUT2D eigenvalue weighted by Gasteiger charge is -2.21. The van der Waals surface area contributed by atoms with E-state index < -0.39 is 0 Å². The van der Waals surface area contributed by atoms with E-state index in [2.05, 4.69) is 55.3 Å². The van der Waals surface area contributed by atoms with E-state index in [-0.39, 0.29) is 0 Å². The minimum Gasteiger partial charge on any atom is -0.492 e. The van der Waals surface area contributed by atoms with Crippen LogP contribution in [0.4, 0.5) is 0 Å². The molecule has 0 atom stereocenters. The van der Waals surface area contributed by atoms with Crippen molar-refractivity contribution in [2.45, 2.75) is 58.7 Å². The van der Waals surface area contributed by atoms with Crippen molar-refractivity contribution in [2.75, 3.05) is 19.7 Å². The summed E-state index contributed by atoms with van der Waals surface area (Å²) in [6.45, 7) is 10.5. The highest BCUT2D eigenvalue weighted by Crippen LogP contribution is 2.26. The summed E-state index contributed by atoms with van der Waals surface area (Å²) in [5.41, 5.74) is 1.29. The monoisotopic (exact) mass is 290 g/mol. The zero-order valence-corrected chi connectivity index (χ0v) is 13.8. The molecule has 1 aromatic rings. The number of hydrogen-bond acceptors (Lipinski definition) is 3. The molecule has 0 spiro atoms. The highest BCUT2D eigenvalue weighted by molar-refractivity contribution is 5.28. The Bertz CT molecular complexity index is 415. The molecule has 3 heteroatoms.